The molecule has 4 unspecified atom stereocenters. The molecule has 4 aliphatic rings. The lowest BCUT2D eigenvalue weighted by molar-refractivity contribution is -0.147. The highest BCUT2D eigenvalue weighted by molar-refractivity contribution is 5.26. The summed E-state index contributed by atoms with van der Waals surface area (Å²) in [7, 11) is 0. The highest BCUT2D eigenvalue weighted by Crippen LogP contribution is 2.69. The lowest BCUT2D eigenvalue weighted by atomic mass is 9.42. The van der Waals surface area contributed by atoms with Crippen LogP contribution in [0.2, 0.25) is 0 Å². The van der Waals surface area contributed by atoms with Gasteiger partial charge in [0.1, 0.15) is 0 Å². The molecule has 3 nitrogen and oxygen atoms in total. The van der Waals surface area contributed by atoms with Gasteiger partial charge in [-0.2, -0.15) is 0 Å². The fraction of sp³-hybridized carbons (Fsp3) is 0.923. The second-order valence-corrected chi connectivity index (χ2v) is 11.6. The molecular formula is C26H44O3. The smallest absolute Gasteiger partial charge is 0.0786 e. The number of hydrogen-bond donors (Lipinski definition) is 3. The fourth-order valence-corrected chi connectivity index (χ4v) is 9.07. The van der Waals surface area contributed by atoms with Crippen LogP contribution >= 0.6 is 0 Å². The zero-order valence-corrected chi connectivity index (χ0v) is 19.1. The van der Waals surface area contributed by atoms with Crippen molar-refractivity contribution in [3.05, 3.63) is 11.6 Å². The van der Waals surface area contributed by atoms with Crippen molar-refractivity contribution in [2.24, 2.45) is 46.3 Å². The minimum atomic E-state index is -0.329. The van der Waals surface area contributed by atoms with Gasteiger partial charge in [-0.15, -0.1) is 0 Å². The van der Waals surface area contributed by atoms with Gasteiger partial charge in [-0.25, -0.2) is 0 Å². The van der Waals surface area contributed by atoms with Crippen LogP contribution in [0.1, 0.15) is 85.5 Å². The van der Waals surface area contributed by atoms with Crippen LogP contribution in [0.5, 0.6) is 0 Å². The van der Waals surface area contributed by atoms with Crippen LogP contribution in [0.15, 0.2) is 11.6 Å². The van der Waals surface area contributed by atoms with Gasteiger partial charge in [0.15, 0.2) is 0 Å². The zero-order valence-electron chi connectivity index (χ0n) is 19.1. The first-order valence-electron chi connectivity index (χ1n) is 12.4. The second-order valence-electron chi connectivity index (χ2n) is 11.6. The van der Waals surface area contributed by atoms with Gasteiger partial charge in [0.05, 0.1) is 12.2 Å². The summed E-state index contributed by atoms with van der Waals surface area (Å²) in [4.78, 5) is 0. The zero-order chi connectivity index (χ0) is 21.0. The Kier molecular flexibility index (Phi) is 5.99. The average molecular weight is 405 g/mol. The SMILES string of the molecule is C/C=C1/[C@H](O)C2C(CC[C@@]3(C)C2CC[C@@H]3[C@H](C)CCCO)C2(C)CC[C@@H](O)C[C@@H]12. The van der Waals surface area contributed by atoms with Gasteiger partial charge < -0.3 is 15.3 Å². The van der Waals surface area contributed by atoms with Crippen molar-refractivity contribution in [2.75, 3.05) is 6.61 Å². The number of hydrogen-bond acceptors (Lipinski definition) is 3. The largest absolute Gasteiger partial charge is 0.396 e. The Hall–Kier alpha value is -0.380. The fourth-order valence-electron chi connectivity index (χ4n) is 9.07. The summed E-state index contributed by atoms with van der Waals surface area (Å²) in [5.41, 5.74) is 1.79. The van der Waals surface area contributed by atoms with Crippen LogP contribution in [0.4, 0.5) is 0 Å². The molecule has 10 atom stereocenters. The molecule has 0 amide bonds. The van der Waals surface area contributed by atoms with Crippen LogP contribution in [0.25, 0.3) is 0 Å². The summed E-state index contributed by atoms with van der Waals surface area (Å²) < 4.78 is 0. The summed E-state index contributed by atoms with van der Waals surface area (Å²) in [6.07, 6.45) is 11.6. The maximum absolute atomic E-state index is 11.6. The molecule has 3 heteroatoms. The molecule has 0 aromatic carbocycles. The molecule has 0 saturated heterocycles. The van der Waals surface area contributed by atoms with E-state index in [2.05, 4.69) is 33.8 Å². The molecule has 0 aliphatic heterocycles. The summed E-state index contributed by atoms with van der Waals surface area (Å²) in [6.45, 7) is 9.81. The molecule has 4 saturated carbocycles. The van der Waals surface area contributed by atoms with E-state index in [0.29, 0.717) is 41.6 Å². The summed E-state index contributed by atoms with van der Waals surface area (Å²) in [5.74, 6) is 3.30. The first-order valence-corrected chi connectivity index (χ1v) is 12.4. The number of aliphatic hydroxyl groups excluding tert-OH is 3. The summed E-state index contributed by atoms with van der Waals surface area (Å²) in [6, 6.07) is 0. The van der Waals surface area contributed by atoms with E-state index in [-0.39, 0.29) is 17.6 Å². The third-order valence-corrected chi connectivity index (χ3v) is 10.5. The van der Waals surface area contributed by atoms with E-state index in [1.165, 1.54) is 31.3 Å². The van der Waals surface area contributed by atoms with Crippen LogP contribution in [-0.2, 0) is 0 Å². The third-order valence-electron chi connectivity index (χ3n) is 10.5. The van der Waals surface area contributed by atoms with E-state index in [1.54, 1.807) is 0 Å². The van der Waals surface area contributed by atoms with E-state index in [1.807, 2.05) is 0 Å². The number of fused-ring (bicyclic) bond motifs is 5. The van der Waals surface area contributed by atoms with Gasteiger partial charge in [0.2, 0.25) is 0 Å². The van der Waals surface area contributed by atoms with Gasteiger partial charge in [-0.3, -0.25) is 0 Å². The van der Waals surface area contributed by atoms with E-state index < -0.39 is 0 Å². The van der Waals surface area contributed by atoms with Crippen LogP contribution in [-0.4, -0.2) is 34.1 Å². The number of allylic oxidation sites excluding steroid dienone is 1. The quantitative estimate of drug-likeness (QED) is 0.582. The summed E-state index contributed by atoms with van der Waals surface area (Å²) in [5, 5.41) is 31.3. The Bertz CT molecular complexity index is 629. The van der Waals surface area contributed by atoms with Crippen molar-refractivity contribution >= 4 is 0 Å². The van der Waals surface area contributed by atoms with Crippen molar-refractivity contribution in [1.29, 1.82) is 0 Å². The predicted octanol–water partition coefficient (Wildman–Crippen LogP) is 4.94. The molecule has 4 aliphatic carbocycles. The molecule has 0 spiro atoms. The first kappa shape index (κ1) is 21.8. The van der Waals surface area contributed by atoms with Crippen LogP contribution < -0.4 is 0 Å². The maximum atomic E-state index is 11.6. The topological polar surface area (TPSA) is 60.7 Å². The van der Waals surface area contributed by atoms with E-state index in [9.17, 15) is 15.3 Å². The number of aliphatic hydroxyl groups is 3. The van der Waals surface area contributed by atoms with Gasteiger partial charge >= 0.3 is 0 Å². The van der Waals surface area contributed by atoms with Gasteiger partial charge in [-0.05, 0) is 117 Å². The first-order chi connectivity index (χ1) is 13.8. The van der Waals surface area contributed by atoms with Gasteiger partial charge in [0.25, 0.3) is 0 Å². The maximum Gasteiger partial charge on any atom is 0.0786 e. The normalized spacial score (nSPS) is 52.0. The van der Waals surface area contributed by atoms with E-state index in [0.717, 1.165) is 38.0 Å². The molecule has 4 rings (SSSR count). The minimum absolute atomic E-state index is 0.205. The Morgan fingerprint density at radius 2 is 1.72 bits per heavy atom. The van der Waals surface area contributed by atoms with E-state index in [4.69, 9.17) is 0 Å². The second kappa shape index (κ2) is 7.95. The van der Waals surface area contributed by atoms with Crippen molar-refractivity contribution in [3.63, 3.8) is 0 Å². The molecule has 4 fully saturated rings. The molecule has 0 aromatic heterocycles. The van der Waals surface area contributed by atoms with Gasteiger partial charge in [-0.1, -0.05) is 26.8 Å². The highest BCUT2D eigenvalue weighted by Gasteiger charge is 2.63. The molecule has 0 radical (unpaired) electrons. The van der Waals surface area contributed by atoms with Crippen molar-refractivity contribution in [3.8, 4) is 0 Å². The van der Waals surface area contributed by atoms with Crippen molar-refractivity contribution < 1.29 is 15.3 Å². The molecule has 3 N–H and O–H groups in total. The molecule has 0 aromatic rings. The molecule has 166 valence electrons. The lowest BCUT2D eigenvalue weighted by Crippen LogP contribution is -2.59. The standard InChI is InChI=1S/C26H44O3/c1-5-18-22-15-17(28)10-12-26(22,4)21-11-13-25(3)19(16(2)7-6-14-27)8-9-20(25)23(21)24(18)29/h5,16-17,19-24,27-29H,6-15H2,1-4H3/b18-5+/t16-,17-,19-,20?,21?,22+,23?,24+,25-,26?/m1/s1. The van der Waals surface area contributed by atoms with Crippen LogP contribution in [0.3, 0.4) is 0 Å². The highest BCUT2D eigenvalue weighted by atomic mass is 16.3. The molecule has 0 heterocycles. The number of rotatable bonds is 4. The minimum Gasteiger partial charge on any atom is -0.396 e. The Labute approximate surface area is 178 Å². The third kappa shape index (κ3) is 3.26. The van der Waals surface area contributed by atoms with Crippen molar-refractivity contribution in [1.82, 2.24) is 0 Å². The summed E-state index contributed by atoms with van der Waals surface area (Å²) >= 11 is 0. The Morgan fingerprint density at radius 1 is 1.03 bits per heavy atom. The molecule has 0 bridgehead atoms. The van der Waals surface area contributed by atoms with E-state index >= 15 is 0 Å². The van der Waals surface area contributed by atoms with Crippen molar-refractivity contribution in [2.45, 2.75) is 97.7 Å². The van der Waals surface area contributed by atoms with Crippen LogP contribution in [0, 0.1) is 46.3 Å². The predicted molar refractivity (Wildman–Crippen MR) is 117 cm³/mol. The monoisotopic (exact) mass is 404 g/mol. The molecular weight excluding hydrogens is 360 g/mol. The Morgan fingerprint density at radius 3 is 2.41 bits per heavy atom. The lowest BCUT2D eigenvalue weighted by Gasteiger charge is -2.63. The molecule has 29 heavy (non-hydrogen) atoms. The average Bonchev–Trinajstić information content (AvgIpc) is 3.05. The Balaban J connectivity index is 1.65. The van der Waals surface area contributed by atoms with Gasteiger partial charge in [0, 0.05) is 6.61 Å².